The minimum absolute atomic E-state index is 0.0352. The number of anilines is 1. The number of alkyl halides is 5. The Balaban J connectivity index is 1.83. The van der Waals surface area contributed by atoms with Crippen LogP contribution in [-0.2, 0) is 6.18 Å². The maximum absolute atomic E-state index is 14.2. The number of halogens is 9. The Labute approximate surface area is 188 Å². The molecular formula is C21H9F9N4O. The summed E-state index contributed by atoms with van der Waals surface area (Å²) in [5.41, 5.74) is -6.25. The Morgan fingerprint density at radius 1 is 0.943 bits per heavy atom. The van der Waals surface area contributed by atoms with E-state index in [9.17, 15) is 44.3 Å². The van der Waals surface area contributed by atoms with Crippen molar-refractivity contribution >= 4 is 17.2 Å². The average Bonchev–Trinajstić information content (AvgIpc) is 3.23. The van der Waals surface area contributed by atoms with Gasteiger partial charge in [0.1, 0.15) is 22.5 Å². The zero-order valence-corrected chi connectivity index (χ0v) is 16.8. The fourth-order valence-electron chi connectivity index (χ4n) is 3.23. The molecule has 1 amide bonds. The third-order valence-electron chi connectivity index (χ3n) is 4.82. The Hall–Kier alpha value is -4.10. The Kier molecular flexibility index (Phi) is 5.90. The van der Waals surface area contributed by atoms with Crippen molar-refractivity contribution in [2.24, 2.45) is 0 Å². The largest absolute Gasteiger partial charge is 0.422 e. The van der Waals surface area contributed by atoms with Crippen LogP contribution < -0.4 is 5.32 Å². The first kappa shape index (κ1) is 24.0. The number of rotatable bonds is 4. The molecule has 35 heavy (non-hydrogen) atoms. The number of carbonyl (C=O) groups excluding carboxylic acids is 1. The van der Waals surface area contributed by atoms with E-state index in [1.54, 1.807) is 18.2 Å². The van der Waals surface area contributed by atoms with E-state index in [1.807, 2.05) is 0 Å². The van der Waals surface area contributed by atoms with Crippen LogP contribution in [0.1, 0.15) is 28.0 Å². The van der Waals surface area contributed by atoms with Crippen molar-refractivity contribution in [3.05, 3.63) is 82.7 Å². The molecule has 0 saturated heterocycles. The molecule has 0 unspecified atom stereocenters. The van der Waals surface area contributed by atoms with Crippen molar-refractivity contribution < 1.29 is 44.3 Å². The van der Waals surface area contributed by atoms with Crippen molar-refractivity contribution in [3.8, 4) is 11.3 Å². The zero-order valence-electron chi connectivity index (χ0n) is 16.8. The highest BCUT2D eigenvalue weighted by Crippen LogP contribution is 2.38. The molecule has 2 aromatic heterocycles. The second-order valence-corrected chi connectivity index (χ2v) is 6.98. The molecule has 2 heterocycles. The van der Waals surface area contributed by atoms with E-state index in [1.165, 1.54) is 17.4 Å². The van der Waals surface area contributed by atoms with Gasteiger partial charge < -0.3 is 5.32 Å². The maximum atomic E-state index is 14.2. The van der Waals surface area contributed by atoms with E-state index in [4.69, 9.17) is 0 Å². The molecule has 1 N–H and O–H groups in total. The second kappa shape index (κ2) is 8.60. The lowest BCUT2D eigenvalue weighted by Gasteiger charge is -2.14. The predicted octanol–water partition coefficient (Wildman–Crippen LogP) is 6.16. The first-order valence-electron chi connectivity index (χ1n) is 9.38. The molecule has 14 heteroatoms. The van der Waals surface area contributed by atoms with Gasteiger partial charge in [-0.1, -0.05) is 30.3 Å². The number of fused-ring (bicyclic) bond motifs is 1. The molecule has 4 rings (SSSR count). The van der Waals surface area contributed by atoms with Gasteiger partial charge in [0.15, 0.2) is 28.9 Å². The van der Waals surface area contributed by atoms with Crippen molar-refractivity contribution in [2.45, 2.75) is 12.6 Å². The monoisotopic (exact) mass is 504 g/mol. The minimum Gasteiger partial charge on any atom is -0.317 e. The molecule has 5 nitrogen and oxygen atoms in total. The summed E-state index contributed by atoms with van der Waals surface area (Å²) in [6.07, 6.45) is -8.19. The fourth-order valence-corrected chi connectivity index (χ4v) is 3.23. The molecular weight excluding hydrogens is 495 g/mol. The number of carbonyl (C=O) groups is 1. The Morgan fingerprint density at radius 2 is 1.54 bits per heavy atom. The lowest BCUT2D eigenvalue weighted by molar-refractivity contribution is -0.143. The summed E-state index contributed by atoms with van der Waals surface area (Å²) in [5, 5.41) is 5.02. The smallest absolute Gasteiger partial charge is 0.317 e. The summed E-state index contributed by atoms with van der Waals surface area (Å²) in [7, 11) is 0. The van der Waals surface area contributed by atoms with Crippen LogP contribution in [0.15, 0.2) is 42.6 Å². The molecule has 0 radical (unpaired) electrons. The molecule has 4 aromatic rings. The van der Waals surface area contributed by atoms with E-state index >= 15 is 0 Å². The van der Waals surface area contributed by atoms with Crippen molar-refractivity contribution in [1.29, 1.82) is 0 Å². The van der Waals surface area contributed by atoms with Crippen LogP contribution in [0.4, 0.5) is 45.2 Å². The highest BCUT2D eigenvalue weighted by Gasteiger charge is 2.42. The van der Waals surface area contributed by atoms with E-state index in [0.29, 0.717) is 16.3 Å². The quantitative estimate of drug-likeness (QED) is 0.268. The van der Waals surface area contributed by atoms with Crippen molar-refractivity contribution in [3.63, 3.8) is 0 Å². The first-order chi connectivity index (χ1) is 16.4. The average molecular weight is 504 g/mol. The lowest BCUT2D eigenvalue weighted by Crippen LogP contribution is -2.20. The summed E-state index contributed by atoms with van der Waals surface area (Å²) >= 11 is 0. The van der Waals surface area contributed by atoms with Crippen LogP contribution in [0, 0.1) is 23.3 Å². The number of hydrogen-bond donors (Lipinski definition) is 1. The number of hydrogen-bond acceptors (Lipinski definition) is 3. The second-order valence-electron chi connectivity index (χ2n) is 6.98. The number of amides is 1. The third-order valence-corrected chi connectivity index (χ3v) is 4.82. The van der Waals surface area contributed by atoms with Crippen LogP contribution >= 0.6 is 0 Å². The van der Waals surface area contributed by atoms with Crippen LogP contribution in [0.2, 0.25) is 0 Å². The molecule has 0 saturated carbocycles. The molecule has 182 valence electrons. The molecule has 0 aliphatic heterocycles. The van der Waals surface area contributed by atoms with Gasteiger partial charge >= 0.3 is 6.18 Å². The van der Waals surface area contributed by atoms with E-state index in [-0.39, 0.29) is 5.69 Å². The van der Waals surface area contributed by atoms with Crippen molar-refractivity contribution in [2.75, 3.05) is 5.32 Å². The SMILES string of the molecule is O=C(Nc1c(F)c(F)c(C(F)(F)F)c(F)c1F)c1cnn2c(C(F)F)cc(-c3ccccc3)nc12. The molecule has 0 fully saturated rings. The number of benzene rings is 2. The van der Waals surface area contributed by atoms with Gasteiger partial charge in [0, 0.05) is 5.56 Å². The topological polar surface area (TPSA) is 59.3 Å². The highest BCUT2D eigenvalue weighted by atomic mass is 19.4. The molecule has 0 spiro atoms. The third kappa shape index (κ3) is 4.15. The van der Waals surface area contributed by atoms with E-state index < -0.39 is 69.9 Å². The number of nitrogens with zero attached hydrogens (tertiary/aromatic N) is 3. The lowest BCUT2D eigenvalue weighted by atomic mass is 10.1. The van der Waals surface area contributed by atoms with E-state index in [2.05, 4.69) is 10.1 Å². The highest BCUT2D eigenvalue weighted by molar-refractivity contribution is 6.08. The van der Waals surface area contributed by atoms with Gasteiger partial charge in [0.05, 0.1) is 11.9 Å². The molecule has 2 aromatic carbocycles. The predicted molar refractivity (Wildman–Crippen MR) is 103 cm³/mol. The van der Waals surface area contributed by atoms with Crippen LogP contribution in [-0.4, -0.2) is 20.5 Å². The van der Waals surface area contributed by atoms with Gasteiger partial charge in [-0.15, -0.1) is 0 Å². The number of aromatic nitrogens is 3. The van der Waals surface area contributed by atoms with Crippen LogP contribution in [0.25, 0.3) is 16.9 Å². The van der Waals surface area contributed by atoms with Crippen molar-refractivity contribution in [1.82, 2.24) is 14.6 Å². The minimum atomic E-state index is -5.77. The van der Waals surface area contributed by atoms with Gasteiger partial charge in [0.25, 0.3) is 12.3 Å². The fraction of sp³-hybridized carbons (Fsp3) is 0.0952. The Bertz CT molecular complexity index is 1420. The molecule has 0 aliphatic rings. The summed E-state index contributed by atoms with van der Waals surface area (Å²) in [5.74, 6) is -12.1. The standard InChI is InChI=1S/C21H9F9N4O/c22-13-12(21(28,29)30)14(23)16(25)17(15(13)24)33-20(35)9-7-31-34-11(18(26)27)6-10(32-19(9)34)8-4-2-1-3-5-8/h1-7,18H,(H,33,35). The van der Waals surface area contributed by atoms with Gasteiger partial charge in [-0.05, 0) is 6.07 Å². The number of nitrogens with one attached hydrogen (secondary N) is 1. The van der Waals surface area contributed by atoms with Gasteiger partial charge in [-0.2, -0.15) is 18.3 Å². The van der Waals surface area contributed by atoms with Crippen LogP contribution in [0.3, 0.4) is 0 Å². The summed E-state index contributed by atoms with van der Waals surface area (Å²) < 4.78 is 122. The summed E-state index contributed by atoms with van der Waals surface area (Å²) in [6.45, 7) is 0. The summed E-state index contributed by atoms with van der Waals surface area (Å²) in [6, 6.07) is 8.81. The molecule has 0 aliphatic carbocycles. The van der Waals surface area contributed by atoms with Gasteiger partial charge in [0.2, 0.25) is 0 Å². The zero-order chi connectivity index (χ0) is 25.7. The molecule has 0 atom stereocenters. The Morgan fingerprint density at radius 3 is 2.09 bits per heavy atom. The normalized spacial score (nSPS) is 11.9. The van der Waals surface area contributed by atoms with Gasteiger partial charge in [-0.25, -0.2) is 35.8 Å². The van der Waals surface area contributed by atoms with Crippen LogP contribution in [0.5, 0.6) is 0 Å². The molecule has 0 bridgehead atoms. The maximum Gasteiger partial charge on any atom is 0.422 e. The van der Waals surface area contributed by atoms with E-state index in [0.717, 1.165) is 6.07 Å². The summed E-state index contributed by atoms with van der Waals surface area (Å²) in [4.78, 5) is 16.7. The first-order valence-corrected chi connectivity index (χ1v) is 9.38. The van der Waals surface area contributed by atoms with Gasteiger partial charge in [-0.3, -0.25) is 4.79 Å².